The van der Waals surface area contributed by atoms with E-state index in [4.69, 9.17) is 5.73 Å². The molecule has 92 valence electrons. The van der Waals surface area contributed by atoms with Crippen LogP contribution in [0.3, 0.4) is 0 Å². The number of tetrazole rings is 1. The van der Waals surface area contributed by atoms with Crippen molar-refractivity contribution in [3.8, 4) is 0 Å². The molecule has 1 heterocycles. The van der Waals surface area contributed by atoms with Gasteiger partial charge in [-0.2, -0.15) is 5.21 Å². The van der Waals surface area contributed by atoms with E-state index in [0.29, 0.717) is 16.8 Å². The number of benzene rings is 1. The molecule has 0 saturated carbocycles. The van der Waals surface area contributed by atoms with Crippen molar-refractivity contribution in [1.82, 2.24) is 20.6 Å². The average Bonchev–Trinajstić information content (AvgIpc) is 2.85. The van der Waals surface area contributed by atoms with Crippen LogP contribution < -0.4 is 11.1 Å². The molecule has 0 aliphatic rings. The van der Waals surface area contributed by atoms with Crippen molar-refractivity contribution in [3.05, 3.63) is 35.2 Å². The molecule has 4 N–H and O–H groups in total. The predicted octanol–water partition coefficient (Wildman–Crippen LogP) is -0.141. The van der Waals surface area contributed by atoms with Gasteiger partial charge in [-0.15, -0.1) is 10.2 Å². The Morgan fingerprint density at radius 3 is 2.72 bits per heavy atom. The van der Waals surface area contributed by atoms with Crippen LogP contribution in [-0.4, -0.2) is 32.4 Å². The van der Waals surface area contributed by atoms with E-state index in [1.54, 1.807) is 19.1 Å². The van der Waals surface area contributed by atoms with Gasteiger partial charge in [-0.25, -0.2) is 0 Å². The van der Waals surface area contributed by atoms with Crippen molar-refractivity contribution in [3.63, 3.8) is 0 Å². The Bertz CT molecular complexity index is 592. The lowest BCUT2D eigenvalue weighted by atomic mass is 10.1. The van der Waals surface area contributed by atoms with Crippen molar-refractivity contribution in [1.29, 1.82) is 0 Å². The van der Waals surface area contributed by atoms with E-state index in [1.165, 1.54) is 6.07 Å². The Morgan fingerprint density at radius 2 is 2.17 bits per heavy atom. The second-order valence-corrected chi connectivity index (χ2v) is 3.58. The number of nitrogens with zero attached hydrogens (tertiary/aromatic N) is 3. The highest BCUT2D eigenvalue weighted by Crippen LogP contribution is 2.16. The van der Waals surface area contributed by atoms with E-state index in [-0.39, 0.29) is 5.82 Å². The third kappa shape index (κ3) is 2.32. The molecule has 0 aliphatic carbocycles. The second kappa shape index (κ2) is 4.62. The quantitative estimate of drug-likeness (QED) is 0.694. The molecule has 8 heteroatoms. The Labute approximate surface area is 102 Å². The smallest absolute Gasteiger partial charge is 0.297 e. The summed E-state index contributed by atoms with van der Waals surface area (Å²) in [6, 6.07) is 4.71. The van der Waals surface area contributed by atoms with Crippen molar-refractivity contribution < 1.29 is 9.59 Å². The summed E-state index contributed by atoms with van der Waals surface area (Å²) >= 11 is 0. The topological polar surface area (TPSA) is 127 Å². The number of nitrogens with one attached hydrogen (secondary N) is 2. The lowest BCUT2D eigenvalue weighted by Crippen LogP contribution is -2.16. The summed E-state index contributed by atoms with van der Waals surface area (Å²) in [5.41, 5.74) is 6.79. The van der Waals surface area contributed by atoms with Crippen molar-refractivity contribution in [2.75, 3.05) is 5.32 Å². The standard InChI is InChI=1S/C10H10N6O2/c1-5-4-6(8(11)17)2-3-7(5)12-10(18)9-13-15-16-14-9/h2-4H,1H3,(H2,11,17)(H,12,18)(H,13,14,15,16). The van der Waals surface area contributed by atoms with Crippen LogP contribution in [0.1, 0.15) is 26.5 Å². The molecular weight excluding hydrogens is 236 g/mol. The summed E-state index contributed by atoms with van der Waals surface area (Å²) in [6.45, 7) is 1.75. The van der Waals surface area contributed by atoms with E-state index in [1.807, 2.05) is 0 Å². The summed E-state index contributed by atoms with van der Waals surface area (Å²) in [7, 11) is 0. The molecule has 0 atom stereocenters. The number of anilines is 1. The van der Waals surface area contributed by atoms with E-state index >= 15 is 0 Å². The molecule has 2 amide bonds. The number of hydrogen-bond donors (Lipinski definition) is 3. The molecule has 8 nitrogen and oxygen atoms in total. The largest absolute Gasteiger partial charge is 0.366 e. The van der Waals surface area contributed by atoms with Gasteiger partial charge >= 0.3 is 0 Å². The Kier molecular flexibility index (Phi) is 3.00. The fourth-order valence-corrected chi connectivity index (χ4v) is 1.39. The zero-order valence-electron chi connectivity index (χ0n) is 9.47. The summed E-state index contributed by atoms with van der Waals surface area (Å²) in [6.07, 6.45) is 0. The van der Waals surface area contributed by atoms with E-state index in [9.17, 15) is 9.59 Å². The molecular formula is C10H10N6O2. The summed E-state index contributed by atoms with van der Waals surface area (Å²) in [5, 5.41) is 15.2. The maximum absolute atomic E-state index is 11.7. The maximum Gasteiger partial charge on any atom is 0.297 e. The zero-order valence-corrected chi connectivity index (χ0v) is 9.47. The number of hydrogen-bond acceptors (Lipinski definition) is 5. The molecule has 0 radical (unpaired) electrons. The van der Waals surface area contributed by atoms with Gasteiger partial charge in [0, 0.05) is 11.3 Å². The number of rotatable bonds is 3. The highest BCUT2D eigenvalue weighted by Gasteiger charge is 2.12. The minimum atomic E-state index is -0.519. The average molecular weight is 246 g/mol. The zero-order chi connectivity index (χ0) is 13.1. The van der Waals surface area contributed by atoms with Crippen molar-refractivity contribution >= 4 is 17.5 Å². The minimum absolute atomic E-state index is 0.0617. The Morgan fingerprint density at radius 1 is 1.39 bits per heavy atom. The van der Waals surface area contributed by atoms with E-state index in [0.717, 1.165) is 0 Å². The number of H-pyrrole nitrogens is 1. The monoisotopic (exact) mass is 246 g/mol. The van der Waals surface area contributed by atoms with Crippen LogP contribution in [0, 0.1) is 6.92 Å². The van der Waals surface area contributed by atoms with Crippen molar-refractivity contribution in [2.24, 2.45) is 5.73 Å². The van der Waals surface area contributed by atoms with Gasteiger partial charge in [-0.1, -0.05) is 0 Å². The van der Waals surface area contributed by atoms with Gasteiger partial charge in [0.05, 0.1) is 0 Å². The van der Waals surface area contributed by atoms with Crippen LogP contribution in [0.25, 0.3) is 0 Å². The molecule has 0 saturated heterocycles. The predicted molar refractivity (Wildman–Crippen MR) is 61.8 cm³/mol. The molecule has 2 rings (SSSR count). The number of aryl methyl sites for hydroxylation is 1. The van der Waals surface area contributed by atoms with Gasteiger partial charge in [0.15, 0.2) is 0 Å². The number of aromatic amines is 1. The lowest BCUT2D eigenvalue weighted by molar-refractivity contribution is 0.0997. The highest BCUT2D eigenvalue weighted by molar-refractivity contribution is 6.02. The van der Waals surface area contributed by atoms with Gasteiger partial charge in [0.2, 0.25) is 5.91 Å². The number of amides is 2. The van der Waals surface area contributed by atoms with E-state index < -0.39 is 11.8 Å². The highest BCUT2D eigenvalue weighted by atomic mass is 16.2. The summed E-state index contributed by atoms with van der Waals surface area (Å²) < 4.78 is 0. The fourth-order valence-electron chi connectivity index (χ4n) is 1.39. The molecule has 18 heavy (non-hydrogen) atoms. The first-order valence-corrected chi connectivity index (χ1v) is 5.03. The first-order chi connectivity index (χ1) is 8.58. The molecule has 0 bridgehead atoms. The van der Waals surface area contributed by atoms with Crippen molar-refractivity contribution in [2.45, 2.75) is 6.92 Å². The minimum Gasteiger partial charge on any atom is -0.366 e. The van der Waals surface area contributed by atoms with Gasteiger partial charge < -0.3 is 11.1 Å². The second-order valence-electron chi connectivity index (χ2n) is 3.58. The third-order valence-corrected chi connectivity index (χ3v) is 2.31. The maximum atomic E-state index is 11.7. The van der Waals surface area contributed by atoms with Crippen LogP contribution in [0.2, 0.25) is 0 Å². The summed E-state index contributed by atoms with van der Waals surface area (Å²) in [4.78, 5) is 22.6. The third-order valence-electron chi connectivity index (χ3n) is 2.31. The van der Waals surface area contributed by atoms with Crippen LogP contribution in [0.4, 0.5) is 5.69 Å². The van der Waals surface area contributed by atoms with Gasteiger partial charge in [-0.3, -0.25) is 9.59 Å². The molecule has 0 fully saturated rings. The molecule has 1 aromatic heterocycles. The van der Waals surface area contributed by atoms with Crippen LogP contribution >= 0.6 is 0 Å². The molecule has 0 aliphatic heterocycles. The number of carbonyl (C=O) groups excluding carboxylic acids is 2. The number of carbonyl (C=O) groups is 2. The molecule has 0 spiro atoms. The molecule has 2 aromatic rings. The Balaban J connectivity index is 2.20. The normalized spacial score (nSPS) is 10.1. The first kappa shape index (κ1) is 11.7. The molecule has 0 unspecified atom stereocenters. The van der Waals surface area contributed by atoms with Crippen LogP contribution in [0.5, 0.6) is 0 Å². The fraction of sp³-hybridized carbons (Fsp3) is 0.100. The lowest BCUT2D eigenvalue weighted by Gasteiger charge is -2.07. The first-order valence-electron chi connectivity index (χ1n) is 5.03. The number of aromatic nitrogens is 4. The SMILES string of the molecule is Cc1cc(C(N)=O)ccc1NC(=O)c1nn[nH]n1. The number of primary amides is 1. The van der Waals surface area contributed by atoms with Crippen LogP contribution in [-0.2, 0) is 0 Å². The Hall–Kier alpha value is -2.77. The van der Waals surface area contributed by atoms with Crippen LogP contribution in [0.15, 0.2) is 18.2 Å². The van der Waals surface area contributed by atoms with Gasteiger partial charge in [0.25, 0.3) is 11.7 Å². The summed E-state index contributed by atoms with van der Waals surface area (Å²) in [5.74, 6) is -1.07. The molecule has 1 aromatic carbocycles. The van der Waals surface area contributed by atoms with Gasteiger partial charge in [-0.05, 0) is 35.9 Å². The number of nitrogens with two attached hydrogens (primary N) is 1. The van der Waals surface area contributed by atoms with Gasteiger partial charge in [0.1, 0.15) is 0 Å². The van der Waals surface area contributed by atoms with E-state index in [2.05, 4.69) is 25.9 Å².